The van der Waals surface area contributed by atoms with E-state index in [-0.39, 0.29) is 23.7 Å². The Bertz CT molecular complexity index is 605. The lowest BCUT2D eigenvalue weighted by Crippen LogP contribution is -2.38. The van der Waals surface area contributed by atoms with Crippen LogP contribution < -0.4 is 10.2 Å². The van der Waals surface area contributed by atoms with Crippen molar-refractivity contribution in [2.24, 2.45) is 0 Å². The van der Waals surface area contributed by atoms with Crippen LogP contribution in [0.1, 0.15) is 19.3 Å². The maximum atomic E-state index is 13.0. The molecule has 0 aliphatic carbocycles. The molecular weight excluding hydrogens is 341 g/mol. The molecule has 5 nitrogen and oxygen atoms in total. The number of amides is 2. The van der Waals surface area contributed by atoms with Gasteiger partial charge in [-0.1, -0.05) is 0 Å². The van der Waals surface area contributed by atoms with Crippen LogP contribution in [0.25, 0.3) is 0 Å². The smallest absolute Gasteiger partial charge is 0.230 e. The summed E-state index contributed by atoms with van der Waals surface area (Å²) in [6.45, 7) is 3.83. The fourth-order valence-electron chi connectivity index (χ4n) is 3.31. The maximum Gasteiger partial charge on any atom is 0.230 e. The van der Waals surface area contributed by atoms with Crippen LogP contribution in [0.15, 0.2) is 24.3 Å². The van der Waals surface area contributed by atoms with Gasteiger partial charge in [-0.15, -0.1) is 0 Å². The van der Waals surface area contributed by atoms with Gasteiger partial charge >= 0.3 is 0 Å². The summed E-state index contributed by atoms with van der Waals surface area (Å²) >= 11 is 1.64. The van der Waals surface area contributed by atoms with E-state index in [1.165, 1.54) is 38.1 Å². The van der Waals surface area contributed by atoms with Gasteiger partial charge in [0.15, 0.2) is 0 Å². The number of nitrogens with zero attached hydrogens (tertiary/aromatic N) is 2. The van der Waals surface area contributed by atoms with Gasteiger partial charge in [-0.3, -0.25) is 9.59 Å². The zero-order chi connectivity index (χ0) is 17.6. The van der Waals surface area contributed by atoms with Gasteiger partial charge in [0.1, 0.15) is 5.82 Å². The number of likely N-dealkylation sites (tertiary alicyclic amines) is 1. The fraction of sp³-hybridized carbons (Fsp3) is 0.556. The van der Waals surface area contributed by atoms with Crippen molar-refractivity contribution in [2.75, 3.05) is 42.6 Å². The van der Waals surface area contributed by atoms with E-state index in [4.69, 9.17) is 0 Å². The highest BCUT2D eigenvalue weighted by Gasteiger charge is 2.31. The molecule has 1 aromatic rings. The number of rotatable bonds is 7. The van der Waals surface area contributed by atoms with Crippen LogP contribution in [-0.2, 0) is 9.59 Å². The van der Waals surface area contributed by atoms with Crippen LogP contribution in [0, 0.1) is 5.82 Å². The summed E-state index contributed by atoms with van der Waals surface area (Å²) in [6.07, 6.45) is 2.86. The molecule has 0 aromatic heterocycles. The van der Waals surface area contributed by atoms with Crippen LogP contribution in [0.3, 0.4) is 0 Å². The van der Waals surface area contributed by atoms with Crippen LogP contribution in [0.5, 0.6) is 0 Å². The Labute approximate surface area is 151 Å². The SMILES string of the molecule is O=C(CSCCN1CCCC1)NC1CC(=O)N(c2ccc(F)cc2)C1. The van der Waals surface area contributed by atoms with E-state index >= 15 is 0 Å². The lowest BCUT2D eigenvalue weighted by Gasteiger charge is -2.17. The summed E-state index contributed by atoms with van der Waals surface area (Å²) in [6, 6.07) is 5.68. The predicted octanol–water partition coefficient (Wildman–Crippen LogP) is 1.88. The van der Waals surface area contributed by atoms with E-state index < -0.39 is 0 Å². The highest BCUT2D eigenvalue weighted by molar-refractivity contribution is 7.99. The Balaban J connectivity index is 1.38. The van der Waals surface area contributed by atoms with Crippen LogP contribution in [0.4, 0.5) is 10.1 Å². The number of carbonyl (C=O) groups excluding carboxylic acids is 2. The van der Waals surface area contributed by atoms with Gasteiger partial charge in [-0.2, -0.15) is 11.8 Å². The number of hydrogen-bond acceptors (Lipinski definition) is 4. The van der Waals surface area contributed by atoms with Crippen molar-refractivity contribution in [1.82, 2.24) is 10.2 Å². The van der Waals surface area contributed by atoms with Crippen molar-refractivity contribution in [3.05, 3.63) is 30.1 Å². The van der Waals surface area contributed by atoms with Crippen LogP contribution in [0.2, 0.25) is 0 Å². The predicted molar refractivity (Wildman–Crippen MR) is 98.3 cm³/mol. The molecule has 7 heteroatoms. The highest BCUT2D eigenvalue weighted by atomic mass is 32.2. The number of hydrogen-bond donors (Lipinski definition) is 1. The largest absolute Gasteiger partial charge is 0.350 e. The second kappa shape index (κ2) is 8.67. The summed E-state index contributed by atoms with van der Waals surface area (Å²) < 4.78 is 13.0. The fourth-order valence-corrected chi connectivity index (χ4v) is 4.11. The molecule has 0 bridgehead atoms. The monoisotopic (exact) mass is 365 g/mol. The first-order valence-electron chi connectivity index (χ1n) is 8.77. The number of halogens is 1. The van der Waals surface area contributed by atoms with E-state index in [9.17, 15) is 14.0 Å². The first-order valence-corrected chi connectivity index (χ1v) is 9.93. The summed E-state index contributed by atoms with van der Waals surface area (Å²) in [5, 5.41) is 2.94. The molecule has 1 atom stereocenters. The summed E-state index contributed by atoms with van der Waals surface area (Å²) in [5.74, 6) is 0.989. The van der Waals surface area contributed by atoms with Gasteiger partial charge in [0, 0.05) is 31.0 Å². The third-order valence-corrected chi connectivity index (χ3v) is 5.55. The van der Waals surface area contributed by atoms with Crippen molar-refractivity contribution in [3.8, 4) is 0 Å². The average Bonchev–Trinajstić information content (AvgIpc) is 3.22. The minimum Gasteiger partial charge on any atom is -0.350 e. The Morgan fingerprint density at radius 2 is 1.96 bits per heavy atom. The number of carbonyl (C=O) groups is 2. The molecule has 2 saturated heterocycles. The maximum absolute atomic E-state index is 13.0. The molecule has 2 aliphatic rings. The summed E-state index contributed by atoms with van der Waals surface area (Å²) in [5.41, 5.74) is 0.670. The first-order chi connectivity index (χ1) is 12.1. The quantitative estimate of drug-likeness (QED) is 0.750. The molecule has 2 amide bonds. The molecule has 136 valence electrons. The molecule has 0 radical (unpaired) electrons. The Morgan fingerprint density at radius 1 is 1.24 bits per heavy atom. The Morgan fingerprint density at radius 3 is 2.68 bits per heavy atom. The summed E-state index contributed by atoms with van der Waals surface area (Å²) in [4.78, 5) is 28.2. The van der Waals surface area contributed by atoms with E-state index in [0.717, 1.165) is 12.3 Å². The third-order valence-electron chi connectivity index (χ3n) is 4.61. The molecule has 2 fully saturated rings. The van der Waals surface area contributed by atoms with Gasteiger partial charge < -0.3 is 15.1 Å². The summed E-state index contributed by atoms with van der Waals surface area (Å²) in [7, 11) is 0. The number of anilines is 1. The molecule has 1 unspecified atom stereocenters. The molecule has 0 saturated carbocycles. The second-order valence-electron chi connectivity index (χ2n) is 6.55. The molecule has 25 heavy (non-hydrogen) atoms. The molecule has 2 aliphatic heterocycles. The first kappa shape index (κ1) is 18.2. The van der Waals surface area contributed by atoms with Crippen molar-refractivity contribution >= 4 is 29.3 Å². The normalized spacial score (nSPS) is 21.1. The van der Waals surface area contributed by atoms with Gasteiger partial charge in [0.05, 0.1) is 11.8 Å². The van der Waals surface area contributed by atoms with E-state index in [1.807, 2.05) is 0 Å². The molecule has 0 spiro atoms. The minimum absolute atomic E-state index is 0.0230. The zero-order valence-corrected chi connectivity index (χ0v) is 15.1. The van der Waals surface area contributed by atoms with Crippen molar-refractivity contribution in [3.63, 3.8) is 0 Å². The Hall–Kier alpha value is -1.60. The van der Waals surface area contributed by atoms with Crippen molar-refractivity contribution < 1.29 is 14.0 Å². The Kier molecular flexibility index (Phi) is 6.31. The van der Waals surface area contributed by atoms with Crippen molar-refractivity contribution in [1.29, 1.82) is 0 Å². The van der Waals surface area contributed by atoms with Crippen LogP contribution >= 0.6 is 11.8 Å². The van der Waals surface area contributed by atoms with Crippen LogP contribution in [-0.4, -0.2) is 60.4 Å². The van der Waals surface area contributed by atoms with E-state index in [0.29, 0.717) is 24.4 Å². The van der Waals surface area contributed by atoms with Gasteiger partial charge in [0.25, 0.3) is 0 Å². The molecule has 2 heterocycles. The lowest BCUT2D eigenvalue weighted by molar-refractivity contribution is -0.119. The van der Waals surface area contributed by atoms with E-state index in [2.05, 4.69) is 10.2 Å². The molecule has 1 N–H and O–H groups in total. The average molecular weight is 365 g/mol. The van der Waals surface area contributed by atoms with Gasteiger partial charge in [-0.05, 0) is 50.2 Å². The number of nitrogens with one attached hydrogen (secondary N) is 1. The minimum atomic E-state index is -0.328. The highest BCUT2D eigenvalue weighted by Crippen LogP contribution is 2.22. The van der Waals surface area contributed by atoms with Gasteiger partial charge in [0.2, 0.25) is 11.8 Å². The number of benzene rings is 1. The van der Waals surface area contributed by atoms with E-state index in [1.54, 1.807) is 28.8 Å². The molecular formula is C18H24FN3O2S. The topological polar surface area (TPSA) is 52.7 Å². The second-order valence-corrected chi connectivity index (χ2v) is 7.66. The zero-order valence-electron chi connectivity index (χ0n) is 14.2. The molecule has 1 aromatic carbocycles. The third kappa shape index (κ3) is 5.19. The number of thioether (sulfide) groups is 1. The van der Waals surface area contributed by atoms with Gasteiger partial charge in [-0.25, -0.2) is 4.39 Å². The standard InChI is InChI=1S/C18H24FN3O2S/c19-14-3-5-16(6-4-14)22-12-15(11-18(22)24)20-17(23)13-25-10-9-21-7-1-2-8-21/h3-6,15H,1-2,7-13H2,(H,20,23). The molecule has 3 rings (SSSR count). The lowest BCUT2D eigenvalue weighted by atomic mass is 10.2. The van der Waals surface area contributed by atoms with Crippen molar-refractivity contribution in [2.45, 2.75) is 25.3 Å².